The lowest BCUT2D eigenvalue weighted by atomic mass is 10.2. The van der Waals surface area contributed by atoms with Crippen molar-refractivity contribution in [3.05, 3.63) is 42.5 Å². The topological polar surface area (TPSA) is 98.3 Å². The van der Waals surface area contributed by atoms with E-state index in [1.807, 2.05) is 6.92 Å². The molecule has 2 N–H and O–H groups in total. The average Bonchev–Trinajstić information content (AvgIpc) is 2.77. The lowest BCUT2D eigenvalue weighted by Gasteiger charge is -2.21. The number of anilines is 1. The molecule has 2 rings (SSSR count). The zero-order valence-corrected chi connectivity index (χ0v) is 21.5. The molecular weight excluding hydrogens is 533 g/mol. The summed E-state index contributed by atoms with van der Waals surface area (Å²) in [5.74, 6) is 1.85. The van der Waals surface area contributed by atoms with E-state index < -0.39 is 9.84 Å². The number of nitrogens with zero attached hydrogens (tertiary/aromatic N) is 1. The van der Waals surface area contributed by atoms with Gasteiger partial charge in [-0.25, -0.2) is 8.42 Å². The van der Waals surface area contributed by atoms with E-state index >= 15 is 0 Å². The highest BCUT2D eigenvalue weighted by Gasteiger charge is 2.21. The molecule has 2 aromatic rings. The van der Waals surface area contributed by atoms with E-state index in [-0.39, 0.29) is 35.8 Å². The van der Waals surface area contributed by atoms with Crippen LogP contribution in [0.25, 0.3) is 0 Å². The molecule has 10 heteroatoms. The van der Waals surface area contributed by atoms with Crippen molar-refractivity contribution in [2.75, 3.05) is 39.4 Å². The Morgan fingerprint density at radius 3 is 2.06 bits per heavy atom. The molecule has 1 atom stereocenters. The molecule has 1 unspecified atom stereocenters. The van der Waals surface area contributed by atoms with Crippen LogP contribution in [0.15, 0.2) is 52.4 Å². The van der Waals surface area contributed by atoms with E-state index in [2.05, 4.69) is 15.6 Å². The van der Waals surface area contributed by atoms with Crippen molar-refractivity contribution in [3.8, 4) is 17.2 Å². The van der Waals surface area contributed by atoms with Gasteiger partial charge < -0.3 is 24.8 Å². The summed E-state index contributed by atoms with van der Waals surface area (Å²) in [4.78, 5) is 4.52. The van der Waals surface area contributed by atoms with Gasteiger partial charge in [-0.3, -0.25) is 4.99 Å². The van der Waals surface area contributed by atoms with Gasteiger partial charge in [-0.1, -0.05) is 25.1 Å². The molecule has 0 saturated carbocycles. The second kappa shape index (κ2) is 12.6. The summed E-state index contributed by atoms with van der Waals surface area (Å²) in [6.45, 7) is 1.92. The number of halogens is 1. The summed E-state index contributed by atoms with van der Waals surface area (Å²) in [7, 11) is 2.80. The molecule has 0 aliphatic heterocycles. The van der Waals surface area contributed by atoms with Crippen LogP contribution in [0.1, 0.15) is 13.3 Å². The van der Waals surface area contributed by atoms with Crippen LogP contribution in [0.2, 0.25) is 0 Å². The summed E-state index contributed by atoms with van der Waals surface area (Å²) < 4.78 is 41.5. The van der Waals surface area contributed by atoms with Gasteiger partial charge in [0.25, 0.3) is 0 Å². The summed E-state index contributed by atoms with van der Waals surface area (Å²) in [6, 6.07) is 11.6. The van der Waals surface area contributed by atoms with Gasteiger partial charge in [0, 0.05) is 30.9 Å². The van der Waals surface area contributed by atoms with Crippen LogP contribution >= 0.6 is 24.0 Å². The van der Waals surface area contributed by atoms with Crippen molar-refractivity contribution in [2.24, 2.45) is 4.99 Å². The third-order valence-corrected chi connectivity index (χ3v) is 6.34. The molecule has 31 heavy (non-hydrogen) atoms. The summed E-state index contributed by atoms with van der Waals surface area (Å²) in [6.07, 6.45) is 0.599. The van der Waals surface area contributed by atoms with Crippen molar-refractivity contribution in [2.45, 2.75) is 24.3 Å². The first-order valence-electron chi connectivity index (χ1n) is 9.46. The third-order valence-electron chi connectivity index (χ3n) is 4.51. The predicted octanol–water partition coefficient (Wildman–Crippen LogP) is 3.57. The fraction of sp³-hybridized carbons (Fsp3) is 0.381. The Hall–Kier alpha value is -2.21. The van der Waals surface area contributed by atoms with Gasteiger partial charge in [0.15, 0.2) is 27.3 Å². The summed E-state index contributed by atoms with van der Waals surface area (Å²) in [5.41, 5.74) is 0.651. The largest absolute Gasteiger partial charge is 0.493 e. The zero-order chi connectivity index (χ0) is 22.1. The van der Waals surface area contributed by atoms with Gasteiger partial charge in [-0.15, -0.1) is 24.0 Å². The molecule has 0 radical (unpaired) electrons. The Balaban J connectivity index is 0.00000480. The molecule has 0 saturated heterocycles. The second-order valence-electron chi connectivity index (χ2n) is 6.46. The van der Waals surface area contributed by atoms with Crippen molar-refractivity contribution < 1.29 is 22.6 Å². The van der Waals surface area contributed by atoms with Gasteiger partial charge in [0.05, 0.1) is 32.0 Å². The molecule has 172 valence electrons. The number of sulfone groups is 1. The van der Waals surface area contributed by atoms with Gasteiger partial charge in [-0.2, -0.15) is 0 Å². The second-order valence-corrected chi connectivity index (χ2v) is 8.49. The quantitative estimate of drug-likeness (QED) is 0.274. The number of methoxy groups -OCH3 is 3. The van der Waals surface area contributed by atoms with E-state index in [0.29, 0.717) is 40.2 Å². The maximum Gasteiger partial charge on any atom is 0.203 e. The zero-order valence-electron chi connectivity index (χ0n) is 18.3. The highest BCUT2D eigenvalue weighted by Crippen LogP contribution is 2.39. The molecule has 0 aliphatic carbocycles. The Kier molecular flexibility index (Phi) is 10.9. The molecular formula is C21H30IN3O5S. The van der Waals surface area contributed by atoms with Crippen molar-refractivity contribution in [1.29, 1.82) is 0 Å². The van der Waals surface area contributed by atoms with Crippen LogP contribution in [-0.4, -0.2) is 54.5 Å². The van der Waals surface area contributed by atoms with Gasteiger partial charge in [0.2, 0.25) is 5.75 Å². The van der Waals surface area contributed by atoms with Crippen LogP contribution < -0.4 is 24.8 Å². The minimum absolute atomic E-state index is 0. The van der Waals surface area contributed by atoms with E-state index in [0.717, 1.165) is 0 Å². The number of hydrogen-bond donors (Lipinski definition) is 2. The normalized spacial score (nSPS) is 12.4. The minimum Gasteiger partial charge on any atom is -0.493 e. The SMILES string of the molecule is CCC(CS(=O)(=O)c1ccccc1)NC(=NC)Nc1cc(OC)c(OC)c(OC)c1.I. The molecule has 0 aliphatic rings. The lowest BCUT2D eigenvalue weighted by molar-refractivity contribution is 0.324. The number of hydrogen-bond acceptors (Lipinski definition) is 6. The Morgan fingerprint density at radius 2 is 1.61 bits per heavy atom. The highest BCUT2D eigenvalue weighted by atomic mass is 127. The molecule has 0 aromatic heterocycles. The maximum atomic E-state index is 12.7. The molecule has 0 fully saturated rings. The molecule has 0 amide bonds. The van der Waals surface area contributed by atoms with Crippen LogP contribution in [0.3, 0.4) is 0 Å². The lowest BCUT2D eigenvalue weighted by Crippen LogP contribution is -2.42. The minimum atomic E-state index is -3.43. The standard InChI is InChI=1S/C21H29N3O5S.HI/c1-6-15(14-30(25,26)17-10-8-7-9-11-17)23-21(22-2)24-16-12-18(27-3)20(29-5)19(13-16)28-4;/h7-13,15H,6,14H2,1-5H3,(H2,22,23,24);1H. The molecule has 0 bridgehead atoms. The van der Waals surface area contributed by atoms with Crippen molar-refractivity contribution >= 4 is 45.5 Å². The van der Waals surface area contributed by atoms with E-state index in [9.17, 15) is 8.42 Å². The van der Waals surface area contributed by atoms with Crippen LogP contribution in [0.5, 0.6) is 17.2 Å². The average molecular weight is 563 g/mol. The van der Waals surface area contributed by atoms with Gasteiger partial charge in [-0.05, 0) is 18.6 Å². The monoisotopic (exact) mass is 563 g/mol. The number of guanidine groups is 1. The Morgan fingerprint density at radius 1 is 1.03 bits per heavy atom. The number of nitrogens with one attached hydrogen (secondary N) is 2. The van der Waals surface area contributed by atoms with Gasteiger partial charge in [0.1, 0.15) is 0 Å². The summed E-state index contributed by atoms with van der Waals surface area (Å²) >= 11 is 0. The van der Waals surface area contributed by atoms with Gasteiger partial charge >= 0.3 is 0 Å². The first-order chi connectivity index (χ1) is 14.4. The smallest absolute Gasteiger partial charge is 0.203 e. The van der Waals surface area contributed by atoms with Crippen LogP contribution in [-0.2, 0) is 9.84 Å². The molecule has 8 nitrogen and oxygen atoms in total. The number of aliphatic imine (C=N–C) groups is 1. The van der Waals surface area contributed by atoms with Crippen LogP contribution in [0.4, 0.5) is 5.69 Å². The molecule has 0 spiro atoms. The van der Waals surface area contributed by atoms with Crippen molar-refractivity contribution in [3.63, 3.8) is 0 Å². The number of ether oxygens (including phenoxy) is 3. The molecule has 0 heterocycles. The van der Waals surface area contributed by atoms with Crippen LogP contribution in [0, 0.1) is 0 Å². The third kappa shape index (κ3) is 7.17. The fourth-order valence-corrected chi connectivity index (χ4v) is 4.50. The number of rotatable bonds is 9. The molecule has 2 aromatic carbocycles. The number of benzene rings is 2. The Labute approximate surface area is 201 Å². The maximum absolute atomic E-state index is 12.7. The van der Waals surface area contributed by atoms with Crippen molar-refractivity contribution in [1.82, 2.24) is 5.32 Å². The fourth-order valence-electron chi connectivity index (χ4n) is 2.89. The first kappa shape index (κ1) is 26.8. The van der Waals surface area contributed by atoms with E-state index in [1.165, 1.54) is 21.3 Å². The van der Waals surface area contributed by atoms with E-state index in [1.54, 1.807) is 49.5 Å². The Bertz CT molecular complexity index is 943. The highest BCUT2D eigenvalue weighted by molar-refractivity contribution is 14.0. The summed E-state index contributed by atoms with van der Waals surface area (Å²) in [5, 5.41) is 6.33. The predicted molar refractivity (Wildman–Crippen MR) is 134 cm³/mol. The first-order valence-corrected chi connectivity index (χ1v) is 11.1. The van der Waals surface area contributed by atoms with E-state index in [4.69, 9.17) is 14.2 Å².